The van der Waals surface area contributed by atoms with Crippen LogP contribution in [0.15, 0.2) is 24.3 Å². The second-order valence-corrected chi connectivity index (χ2v) is 6.26. The number of benzene rings is 1. The molecule has 1 N–H and O–H groups in total. The first kappa shape index (κ1) is 16.8. The first-order valence-electron chi connectivity index (χ1n) is 8.00. The molecule has 1 aliphatic rings. The molecule has 1 aliphatic carbocycles. The number of carbonyl (C=O) groups is 1. The third-order valence-corrected chi connectivity index (χ3v) is 4.93. The fourth-order valence-corrected chi connectivity index (χ4v) is 3.23. The Morgan fingerprint density at radius 2 is 1.95 bits per heavy atom. The van der Waals surface area contributed by atoms with Gasteiger partial charge in [-0.15, -0.1) is 0 Å². The van der Waals surface area contributed by atoms with Crippen LogP contribution in [0.25, 0.3) is 0 Å². The molecule has 0 bridgehead atoms. The van der Waals surface area contributed by atoms with Crippen LogP contribution in [0.5, 0.6) is 5.75 Å². The third-order valence-electron chi connectivity index (χ3n) is 4.93. The number of para-hydroxylation sites is 1. The van der Waals surface area contributed by atoms with E-state index in [4.69, 9.17) is 9.47 Å². The molecular formula is C18H27NO3. The number of ether oxygens (including phenoxy) is 2. The molecule has 22 heavy (non-hydrogen) atoms. The molecule has 0 unspecified atom stereocenters. The fraction of sp³-hybridized carbons (Fsp3) is 0.611. The van der Waals surface area contributed by atoms with Crippen molar-refractivity contribution in [3.8, 4) is 5.75 Å². The van der Waals surface area contributed by atoms with Crippen LogP contribution in [-0.4, -0.2) is 31.8 Å². The molecule has 2 rings (SSSR count). The molecule has 0 saturated heterocycles. The maximum Gasteiger partial charge on any atom is 0.220 e. The Balaban J connectivity index is 1.94. The van der Waals surface area contributed by atoms with Gasteiger partial charge in [0.1, 0.15) is 5.75 Å². The van der Waals surface area contributed by atoms with E-state index in [1.165, 1.54) is 6.42 Å². The lowest BCUT2D eigenvalue weighted by molar-refractivity contribution is -0.130. The third kappa shape index (κ3) is 3.43. The van der Waals surface area contributed by atoms with E-state index in [1.54, 1.807) is 14.2 Å². The lowest BCUT2D eigenvalue weighted by Gasteiger charge is -2.45. The molecule has 2 atom stereocenters. The Morgan fingerprint density at radius 1 is 1.27 bits per heavy atom. The van der Waals surface area contributed by atoms with Crippen LogP contribution < -0.4 is 10.1 Å². The lowest BCUT2D eigenvalue weighted by Crippen LogP contribution is -2.56. The second-order valence-electron chi connectivity index (χ2n) is 6.26. The summed E-state index contributed by atoms with van der Waals surface area (Å²) >= 11 is 0. The Kier molecular flexibility index (Phi) is 5.46. The van der Waals surface area contributed by atoms with Crippen LogP contribution in [0.1, 0.15) is 51.0 Å². The number of amides is 1. The largest absolute Gasteiger partial charge is 0.496 e. The van der Waals surface area contributed by atoms with Gasteiger partial charge in [0.25, 0.3) is 0 Å². The summed E-state index contributed by atoms with van der Waals surface area (Å²) in [7, 11) is 3.39. The number of carbonyl (C=O) groups excluding carboxylic acids is 1. The monoisotopic (exact) mass is 305 g/mol. The van der Waals surface area contributed by atoms with Crippen molar-refractivity contribution < 1.29 is 14.3 Å². The van der Waals surface area contributed by atoms with Crippen LogP contribution in [0.2, 0.25) is 0 Å². The molecule has 4 nitrogen and oxygen atoms in total. The molecule has 1 amide bonds. The summed E-state index contributed by atoms with van der Waals surface area (Å²) in [4.78, 5) is 12.3. The van der Waals surface area contributed by atoms with E-state index in [1.807, 2.05) is 31.2 Å². The van der Waals surface area contributed by atoms with Crippen molar-refractivity contribution in [3.05, 3.63) is 29.8 Å². The molecule has 0 radical (unpaired) electrons. The van der Waals surface area contributed by atoms with Crippen molar-refractivity contribution in [2.24, 2.45) is 0 Å². The maximum absolute atomic E-state index is 12.3. The standard InChI is InChI=1S/C18H27NO3/c1-13(15-8-5-6-9-16(15)21-3)12-17(20)19-14(2)18(22-4)10-7-11-18/h5-6,8-9,13-14H,7,10-12H2,1-4H3,(H,19,20)/t13-,14-/m0/s1. The van der Waals surface area contributed by atoms with Gasteiger partial charge < -0.3 is 14.8 Å². The Morgan fingerprint density at radius 3 is 2.50 bits per heavy atom. The van der Waals surface area contributed by atoms with Crippen molar-refractivity contribution in [2.45, 2.75) is 57.1 Å². The highest BCUT2D eigenvalue weighted by Crippen LogP contribution is 2.38. The number of methoxy groups -OCH3 is 2. The Labute approximate surface area is 133 Å². The van der Waals surface area contributed by atoms with Gasteiger partial charge >= 0.3 is 0 Å². The number of hydrogen-bond donors (Lipinski definition) is 1. The van der Waals surface area contributed by atoms with Gasteiger partial charge in [0.15, 0.2) is 0 Å². The summed E-state index contributed by atoms with van der Waals surface area (Å²) in [5.74, 6) is 1.01. The summed E-state index contributed by atoms with van der Waals surface area (Å²) in [6.07, 6.45) is 3.66. The minimum atomic E-state index is -0.163. The van der Waals surface area contributed by atoms with E-state index in [-0.39, 0.29) is 23.5 Å². The van der Waals surface area contributed by atoms with E-state index in [0.717, 1.165) is 24.2 Å². The van der Waals surface area contributed by atoms with Crippen molar-refractivity contribution in [3.63, 3.8) is 0 Å². The van der Waals surface area contributed by atoms with Gasteiger partial charge in [0, 0.05) is 13.5 Å². The minimum absolute atomic E-state index is 0.0450. The molecule has 1 fully saturated rings. The van der Waals surface area contributed by atoms with Gasteiger partial charge in [-0.3, -0.25) is 4.79 Å². The molecule has 1 saturated carbocycles. The normalized spacial score (nSPS) is 18.9. The molecule has 4 heteroatoms. The van der Waals surface area contributed by atoms with Crippen molar-refractivity contribution in [2.75, 3.05) is 14.2 Å². The Hall–Kier alpha value is -1.55. The molecule has 0 aromatic heterocycles. The summed E-state index contributed by atoms with van der Waals surface area (Å²) in [6, 6.07) is 7.91. The second kappa shape index (κ2) is 7.14. The zero-order chi connectivity index (χ0) is 16.2. The maximum atomic E-state index is 12.3. The zero-order valence-electron chi connectivity index (χ0n) is 14.0. The summed E-state index contributed by atoms with van der Waals surface area (Å²) < 4.78 is 11.0. The highest BCUT2D eigenvalue weighted by atomic mass is 16.5. The average Bonchev–Trinajstić information content (AvgIpc) is 2.46. The van der Waals surface area contributed by atoms with Crippen molar-refractivity contribution >= 4 is 5.91 Å². The first-order valence-corrected chi connectivity index (χ1v) is 8.00. The Bertz CT molecular complexity index is 505. The molecule has 0 aliphatic heterocycles. The minimum Gasteiger partial charge on any atom is -0.496 e. The van der Waals surface area contributed by atoms with Gasteiger partial charge in [-0.2, -0.15) is 0 Å². The van der Waals surface area contributed by atoms with Gasteiger partial charge in [-0.25, -0.2) is 0 Å². The van der Waals surface area contributed by atoms with E-state index in [9.17, 15) is 4.79 Å². The van der Waals surface area contributed by atoms with Crippen molar-refractivity contribution in [1.29, 1.82) is 0 Å². The number of nitrogens with one attached hydrogen (secondary N) is 1. The van der Waals surface area contributed by atoms with Crippen LogP contribution >= 0.6 is 0 Å². The van der Waals surface area contributed by atoms with Crippen LogP contribution in [0, 0.1) is 0 Å². The van der Waals surface area contributed by atoms with Crippen molar-refractivity contribution in [1.82, 2.24) is 5.32 Å². The van der Waals surface area contributed by atoms with Crippen LogP contribution in [-0.2, 0) is 9.53 Å². The molecule has 0 heterocycles. The first-order chi connectivity index (χ1) is 10.5. The lowest BCUT2D eigenvalue weighted by atomic mass is 9.75. The van der Waals surface area contributed by atoms with E-state index < -0.39 is 0 Å². The zero-order valence-corrected chi connectivity index (χ0v) is 14.0. The smallest absolute Gasteiger partial charge is 0.220 e. The summed E-state index contributed by atoms with van der Waals surface area (Å²) in [5.41, 5.74) is 0.904. The van der Waals surface area contributed by atoms with E-state index >= 15 is 0 Å². The number of rotatable bonds is 7. The van der Waals surface area contributed by atoms with Gasteiger partial charge in [0.2, 0.25) is 5.91 Å². The highest BCUT2D eigenvalue weighted by Gasteiger charge is 2.42. The fourth-order valence-electron chi connectivity index (χ4n) is 3.23. The topological polar surface area (TPSA) is 47.6 Å². The highest BCUT2D eigenvalue weighted by molar-refractivity contribution is 5.77. The average molecular weight is 305 g/mol. The molecular weight excluding hydrogens is 278 g/mol. The summed E-state index contributed by atoms with van der Waals surface area (Å²) in [6.45, 7) is 4.09. The quantitative estimate of drug-likeness (QED) is 0.841. The van der Waals surface area contributed by atoms with Crippen LogP contribution in [0.4, 0.5) is 0 Å². The van der Waals surface area contributed by atoms with Gasteiger partial charge in [-0.05, 0) is 43.7 Å². The van der Waals surface area contributed by atoms with E-state index in [2.05, 4.69) is 12.2 Å². The SMILES string of the molecule is COc1ccccc1[C@@H](C)CC(=O)N[C@@H](C)C1(OC)CCC1. The van der Waals surface area contributed by atoms with Gasteiger partial charge in [0.05, 0.1) is 18.8 Å². The van der Waals surface area contributed by atoms with E-state index in [0.29, 0.717) is 6.42 Å². The molecule has 122 valence electrons. The predicted molar refractivity (Wildman–Crippen MR) is 87.2 cm³/mol. The predicted octanol–water partition coefficient (Wildman–Crippen LogP) is 3.26. The molecule has 0 spiro atoms. The van der Waals surface area contributed by atoms with Crippen LogP contribution in [0.3, 0.4) is 0 Å². The molecule has 1 aromatic rings. The summed E-state index contributed by atoms with van der Waals surface area (Å²) in [5, 5.41) is 3.11. The molecule has 1 aromatic carbocycles. The van der Waals surface area contributed by atoms with Gasteiger partial charge in [-0.1, -0.05) is 25.1 Å². The number of hydrogen-bond acceptors (Lipinski definition) is 3.